The summed E-state index contributed by atoms with van der Waals surface area (Å²) in [6.45, 7) is 7.33. The van der Waals surface area contributed by atoms with Gasteiger partial charge in [0, 0.05) is 7.05 Å². The molecule has 0 saturated carbocycles. The Morgan fingerprint density at radius 3 is 2.39 bits per heavy atom. The lowest BCUT2D eigenvalue weighted by atomic mass is 10.0. The van der Waals surface area contributed by atoms with Crippen molar-refractivity contribution >= 4 is 22.8 Å². The molecule has 0 aliphatic rings. The first-order chi connectivity index (χ1) is 13.2. The summed E-state index contributed by atoms with van der Waals surface area (Å²) in [6.07, 6.45) is 2.49. The fourth-order valence-electron chi connectivity index (χ4n) is 2.76. The number of hydrogen-bond acceptors (Lipinski definition) is 4. The maximum Gasteiger partial charge on any atom is 0.414 e. The van der Waals surface area contributed by atoms with Crippen LogP contribution in [0, 0.1) is 0 Å². The highest BCUT2D eigenvalue weighted by molar-refractivity contribution is 5.92. The van der Waals surface area contributed by atoms with Gasteiger partial charge in [-0.2, -0.15) is 0 Å². The van der Waals surface area contributed by atoms with Gasteiger partial charge < -0.3 is 9.47 Å². The van der Waals surface area contributed by atoms with Crippen LogP contribution < -0.4 is 0 Å². The zero-order chi connectivity index (χ0) is 20.7. The molecule has 2 aromatic rings. The lowest BCUT2D eigenvalue weighted by Gasteiger charge is -2.25. The number of esters is 1. The second-order valence-corrected chi connectivity index (χ2v) is 7.57. The number of benzene rings is 2. The molecule has 5 nitrogen and oxygen atoms in total. The molecule has 0 unspecified atom stereocenters. The Labute approximate surface area is 166 Å². The normalized spacial score (nSPS) is 12.0. The van der Waals surface area contributed by atoms with Crippen molar-refractivity contribution in [2.45, 2.75) is 46.1 Å². The number of carbonyl (C=O) groups is 2. The van der Waals surface area contributed by atoms with E-state index < -0.39 is 17.7 Å². The summed E-state index contributed by atoms with van der Waals surface area (Å²) >= 11 is 0. The topological polar surface area (TPSA) is 55.8 Å². The predicted molar refractivity (Wildman–Crippen MR) is 111 cm³/mol. The van der Waals surface area contributed by atoms with Crippen LogP contribution in [0.4, 0.5) is 4.79 Å². The van der Waals surface area contributed by atoms with Crippen molar-refractivity contribution in [1.82, 2.24) is 4.90 Å². The SMILES string of the molecule is CCOC(=O)/C(=C\CCc1ccc2ccccc2c1)N(C)C(=O)OC(C)(C)C. The summed E-state index contributed by atoms with van der Waals surface area (Å²) in [5, 5.41) is 2.37. The number of likely N-dealkylation sites (N-methyl/N-ethyl adjacent to an activating group) is 1. The van der Waals surface area contributed by atoms with Crippen molar-refractivity contribution in [1.29, 1.82) is 0 Å². The minimum atomic E-state index is -0.643. The molecule has 150 valence electrons. The Kier molecular flexibility index (Phi) is 7.21. The molecule has 0 bridgehead atoms. The Balaban J connectivity index is 2.14. The monoisotopic (exact) mass is 383 g/mol. The molecule has 0 N–H and O–H groups in total. The second-order valence-electron chi connectivity index (χ2n) is 7.57. The summed E-state index contributed by atoms with van der Waals surface area (Å²) in [6, 6.07) is 14.5. The number of ether oxygens (including phenoxy) is 2. The number of carbonyl (C=O) groups excluding carboxylic acids is 2. The van der Waals surface area contributed by atoms with E-state index in [9.17, 15) is 9.59 Å². The predicted octanol–water partition coefficient (Wildman–Crippen LogP) is 5.09. The fourth-order valence-corrected chi connectivity index (χ4v) is 2.76. The average Bonchev–Trinajstić information content (AvgIpc) is 2.63. The molecular weight excluding hydrogens is 354 g/mol. The number of nitrogens with zero attached hydrogens (tertiary/aromatic N) is 1. The zero-order valence-electron chi connectivity index (χ0n) is 17.3. The molecule has 1 amide bonds. The van der Waals surface area contributed by atoms with E-state index in [1.54, 1.807) is 33.8 Å². The Morgan fingerprint density at radius 2 is 1.75 bits per heavy atom. The number of allylic oxidation sites excluding steroid dienone is 1. The van der Waals surface area contributed by atoms with Gasteiger partial charge in [-0.05, 0) is 56.9 Å². The number of aryl methyl sites for hydroxylation is 1. The molecule has 0 heterocycles. The van der Waals surface area contributed by atoms with E-state index in [-0.39, 0.29) is 12.3 Å². The van der Waals surface area contributed by atoms with Crippen molar-refractivity contribution in [3.63, 3.8) is 0 Å². The summed E-state index contributed by atoms with van der Waals surface area (Å²) in [5.74, 6) is -0.533. The van der Waals surface area contributed by atoms with Crippen LogP contribution in [0.3, 0.4) is 0 Å². The van der Waals surface area contributed by atoms with Gasteiger partial charge in [-0.1, -0.05) is 48.5 Å². The third-order valence-corrected chi connectivity index (χ3v) is 4.10. The first kappa shape index (κ1) is 21.5. The molecule has 2 aromatic carbocycles. The zero-order valence-corrected chi connectivity index (χ0v) is 17.3. The van der Waals surface area contributed by atoms with Gasteiger partial charge in [0.2, 0.25) is 0 Å². The Bertz CT molecular complexity index is 864. The van der Waals surface area contributed by atoms with Gasteiger partial charge in [-0.15, -0.1) is 0 Å². The molecule has 0 spiro atoms. The van der Waals surface area contributed by atoms with E-state index in [1.807, 2.05) is 12.1 Å². The van der Waals surface area contributed by atoms with Gasteiger partial charge >= 0.3 is 12.1 Å². The number of fused-ring (bicyclic) bond motifs is 1. The van der Waals surface area contributed by atoms with Crippen LogP contribution in [0.1, 0.15) is 39.7 Å². The highest BCUT2D eigenvalue weighted by Crippen LogP contribution is 2.18. The first-order valence-electron chi connectivity index (χ1n) is 9.53. The van der Waals surface area contributed by atoms with Gasteiger partial charge in [0.1, 0.15) is 11.3 Å². The van der Waals surface area contributed by atoms with Crippen LogP contribution in [0.15, 0.2) is 54.2 Å². The van der Waals surface area contributed by atoms with Crippen LogP contribution in [-0.2, 0) is 20.7 Å². The van der Waals surface area contributed by atoms with E-state index in [0.29, 0.717) is 6.42 Å². The fraction of sp³-hybridized carbons (Fsp3) is 0.391. The van der Waals surface area contributed by atoms with Gasteiger partial charge in [-0.25, -0.2) is 9.59 Å². The van der Waals surface area contributed by atoms with Crippen LogP contribution in [0.25, 0.3) is 10.8 Å². The van der Waals surface area contributed by atoms with Gasteiger partial charge in [0.05, 0.1) is 6.61 Å². The molecule has 0 radical (unpaired) electrons. The maximum absolute atomic E-state index is 12.3. The van der Waals surface area contributed by atoms with Crippen LogP contribution in [-0.4, -0.2) is 36.2 Å². The van der Waals surface area contributed by atoms with Crippen LogP contribution in [0.5, 0.6) is 0 Å². The third kappa shape index (κ3) is 6.12. The summed E-state index contributed by atoms with van der Waals surface area (Å²) < 4.78 is 10.5. The molecule has 0 aromatic heterocycles. The molecular formula is C23H29NO4. The van der Waals surface area contributed by atoms with Gasteiger partial charge in [-0.3, -0.25) is 4.90 Å². The molecule has 0 atom stereocenters. The van der Waals surface area contributed by atoms with Gasteiger partial charge in [0.15, 0.2) is 0 Å². The third-order valence-electron chi connectivity index (χ3n) is 4.10. The number of amides is 1. The number of rotatable bonds is 6. The molecule has 5 heteroatoms. The van der Waals surface area contributed by atoms with Crippen molar-refractivity contribution in [2.75, 3.05) is 13.7 Å². The molecule has 2 rings (SSSR count). The standard InChI is InChI=1S/C23H29NO4/c1-6-27-21(25)20(24(5)22(26)28-23(2,3)4)13-9-10-17-14-15-18-11-7-8-12-19(18)16-17/h7-8,11-16H,6,9-10H2,1-5H3/b20-13+. The van der Waals surface area contributed by atoms with E-state index in [4.69, 9.17) is 9.47 Å². The highest BCUT2D eigenvalue weighted by Gasteiger charge is 2.25. The summed E-state index contributed by atoms with van der Waals surface area (Å²) in [7, 11) is 1.52. The minimum absolute atomic E-state index is 0.192. The lowest BCUT2D eigenvalue weighted by molar-refractivity contribution is -0.140. The van der Waals surface area contributed by atoms with E-state index in [0.717, 1.165) is 12.0 Å². The largest absolute Gasteiger partial charge is 0.461 e. The smallest absolute Gasteiger partial charge is 0.414 e. The minimum Gasteiger partial charge on any atom is -0.461 e. The average molecular weight is 383 g/mol. The summed E-state index contributed by atoms with van der Waals surface area (Å²) in [5.41, 5.74) is 0.714. The molecule has 0 aliphatic heterocycles. The van der Waals surface area contributed by atoms with E-state index in [2.05, 4.69) is 30.3 Å². The molecule has 0 aliphatic carbocycles. The van der Waals surface area contributed by atoms with Crippen molar-refractivity contribution < 1.29 is 19.1 Å². The van der Waals surface area contributed by atoms with E-state index >= 15 is 0 Å². The Morgan fingerprint density at radius 1 is 1.07 bits per heavy atom. The molecule has 0 fully saturated rings. The maximum atomic E-state index is 12.3. The summed E-state index contributed by atoms with van der Waals surface area (Å²) in [4.78, 5) is 25.9. The van der Waals surface area contributed by atoms with Crippen molar-refractivity contribution in [2.24, 2.45) is 0 Å². The quantitative estimate of drug-likeness (QED) is 0.515. The number of hydrogen-bond donors (Lipinski definition) is 0. The molecule has 28 heavy (non-hydrogen) atoms. The van der Waals surface area contributed by atoms with Crippen LogP contribution >= 0.6 is 0 Å². The highest BCUT2D eigenvalue weighted by atomic mass is 16.6. The van der Waals surface area contributed by atoms with Gasteiger partial charge in [0.25, 0.3) is 0 Å². The van der Waals surface area contributed by atoms with Crippen LogP contribution in [0.2, 0.25) is 0 Å². The molecule has 0 saturated heterocycles. The Hall–Kier alpha value is -2.82. The lowest BCUT2D eigenvalue weighted by Crippen LogP contribution is -2.36. The van der Waals surface area contributed by atoms with Crippen molar-refractivity contribution in [3.05, 3.63) is 59.8 Å². The second kappa shape index (κ2) is 9.40. The first-order valence-corrected chi connectivity index (χ1v) is 9.53. The van der Waals surface area contributed by atoms with E-state index in [1.165, 1.54) is 22.7 Å². The van der Waals surface area contributed by atoms with Crippen molar-refractivity contribution in [3.8, 4) is 0 Å².